The van der Waals surface area contributed by atoms with Crippen LogP contribution >= 0.6 is 47.0 Å². The second kappa shape index (κ2) is 3.19. The molecule has 3 N–H and O–H groups in total. The first-order valence-electron chi connectivity index (χ1n) is 2.56. The number of nitrogens with two attached hydrogens (primary N) is 1. The van der Waals surface area contributed by atoms with Crippen molar-refractivity contribution in [1.29, 1.82) is 0 Å². The fourth-order valence-corrected chi connectivity index (χ4v) is 1.34. The van der Waals surface area contributed by atoms with Gasteiger partial charge in [-0.3, -0.25) is 0 Å². The Morgan fingerprint density at radius 3 is 2.27 bits per heavy atom. The first-order chi connectivity index (χ1) is 5.04. The van der Waals surface area contributed by atoms with E-state index in [9.17, 15) is 0 Å². The highest BCUT2D eigenvalue weighted by Gasteiger charge is 2.07. The molecule has 0 bridgehead atoms. The van der Waals surface area contributed by atoms with Gasteiger partial charge in [-0.2, -0.15) is 0 Å². The Morgan fingerprint density at radius 1 is 1.18 bits per heavy atom. The van der Waals surface area contributed by atoms with E-state index >= 15 is 0 Å². The number of nitrogens with one attached hydrogen (secondary N) is 1. The number of nitrogen functional groups attached to an aromatic ring is 1. The van der Waals surface area contributed by atoms with Crippen molar-refractivity contribution in [3.05, 3.63) is 19.8 Å². The largest absolute Gasteiger partial charge is 0.396 e. The molecule has 0 saturated carbocycles. The maximum atomic E-state index is 5.65. The number of aromatic nitrogens is 1. The van der Waals surface area contributed by atoms with Gasteiger partial charge in [-0.25, -0.2) is 0 Å². The van der Waals surface area contributed by atoms with Crippen molar-refractivity contribution in [2.24, 2.45) is 0 Å². The number of pyridine rings is 1. The van der Waals surface area contributed by atoms with E-state index in [-0.39, 0.29) is 20.9 Å². The predicted molar refractivity (Wildman–Crippen MR) is 51.1 cm³/mol. The topological polar surface area (TPSA) is 41.8 Å². The minimum absolute atomic E-state index is 0.199. The van der Waals surface area contributed by atoms with E-state index in [1.165, 1.54) is 0 Å². The Labute approximate surface area is 83.3 Å². The third kappa shape index (κ3) is 1.62. The summed E-state index contributed by atoms with van der Waals surface area (Å²) in [7, 11) is 0. The van der Waals surface area contributed by atoms with Gasteiger partial charge in [0.05, 0.1) is 10.7 Å². The first-order valence-corrected chi connectivity index (χ1v) is 4.10. The quantitative estimate of drug-likeness (QED) is 0.529. The number of rotatable bonds is 0. The van der Waals surface area contributed by atoms with E-state index in [0.29, 0.717) is 4.64 Å². The van der Waals surface area contributed by atoms with Crippen LogP contribution in [0.1, 0.15) is 0 Å². The van der Waals surface area contributed by atoms with E-state index in [0.717, 1.165) is 0 Å². The summed E-state index contributed by atoms with van der Waals surface area (Å²) in [6.45, 7) is 0. The van der Waals surface area contributed by atoms with Crippen LogP contribution in [0, 0.1) is 4.64 Å². The van der Waals surface area contributed by atoms with Gasteiger partial charge in [0.15, 0.2) is 0 Å². The molecule has 0 aliphatic carbocycles. The van der Waals surface area contributed by atoms with Crippen LogP contribution in [-0.2, 0) is 0 Å². The highest BCUT2D eigenvalue weighted by Crippen LogP contribution is 2.32. The lowest BCUT2D eigenvalue weighted by Gasteiger charge is -2.02. The molecule has 1 rings (SSSR count). The number of H-pyrrole nitrogens is 1. The zero-order valence-corrected chi connectivity index (χ0v) is 8.20. The Hall–Kier alpha value is 0.0400. The van der Waals surface area contributed by atoms with Crippen molar-refractivity contribution >= 4 is 52.7 Å². The molecule has 0 radical (unpaired) electrons. The van der Waals surface area contributed by atoms with Crippen molar-refractivity contribution in [2.75, 3.05) is 5.73 Å². The molecule has 0 amide bonds. The van der Waals surface area contributed by atoms with Crippen LogP contribution in [0.3, 0.4) is 0 Å². The average molecular weight is 230 g/mol. The Balaban J connectivity index is 3.59. The summed E-state index contributed by atoms with van der Waals surface area (Å²) in [6, 6.07) is 0. The molecular weight excluding hydrogens is 226 g/mol. The Kier molecular flexibility index (Phi) is 2.65. The van der Waals surface area contributed by atoms with Gasteiger partial charge in [0.1, 0.15) is 14.8 Å². The summed E-state index contributed by atoms with van der Waals surface area (Å²) in [4.78, 5) is 2.58. The van der Waals surface area contributed by atoms with E-state index in [2.05, 4.69) is 4.98 Å². The average Bonchev–Trinajstić information content (AvgIpc) is 1.97. The van der Waals surface area contributed by atoms with Crippen LogP contribution in [0.15, 0.2) is 0 Å². The van der Waals surface area contributed by atoms with Crippen LogP contribution in [0.2, 0.25) is 15.2 Å². The van der Waals surface area contributed by atoms with E-state index < -0.39 is 0 Å². The van der Waals surface area contributed by atoms with Gasteiger partial charge in [0, 0.05) is 0 Å². The van der Waals surface area contributed by atoms with E-state index in [1.807, 2.05) is 0 Å². The monoisotopic (exact) mass is 228 g/mol. The van der Waals surface area contributed by atoms with Gasteiger partial charge in [0.25, 0.3) is 0 Å². The molecule has 1 aromatic rings. The highest BCUT2D eigenvalue weighted by molar-refractivity contribution is 7.71. The zero-order valence-electron chi connectivity index (χ0n) is 5.12. The van der Waals surface area contributed by atoms with Crippen molar-refractivity contribution < 1.29 is 0 Å². The summed E-state index contributed by atoms with van der Waals surface area (Å²) >= 11 is 21.7. The maximum absolute atomic E-state index is 5.65. The van der Waals surface area contributed by atoms with Crippen LogP contribution in [0.4, 0.5) is 5.69 Å². The summed E-state index contributed by atoms with van der Waals surface area (Å²) in [5.41, 5.74) is 5.66. The summed E-state index contributed by atoms with van der Waals surface area (Å²) in [6.07, 6.45) is 0. The van der Waals surface area contributed by atoms with Crippen molar-refractivity contribution in [3.63, 3.8) is 0 Å². The number of anilines is 1. The molecule has 1 heterocycles. The van der Waals surface area contributed by atoms with Gasteiger partial charge >= 0.3 is 0 Å². The van der Waals surface area contributed by atoms with Gasteiger partial charge < -0.3 is 10.7 Å². The highest BCUT2D eigenvalue weighted by atomic mass is 35.5. The summed E-state index contributed by atoms with van der Waals surface area (Å²) in [5, 5.41) is 0.637. The standard InChI is InChI=1S/C5H3Cl3N2S/c6-1-3(9)2(7)5(11)10-4(1)8/h(H3,9,10,11). The lowest BCUT2D eigenvalue weighted by molar-refractivity contribution is 1.30. The minimum atomic E-state index is 0.199. The van der Waals surface area contributed by atoms with E-state index in [1.54, 1.807) is 0 Å². The molecule has 2 nitrogen and oxygen atoms in total. The predicted octanol–water partition coefficient (Wildman–Crippen LogP) is 3.29. The van der Waals surface area contributed by atoms with Crippen molar-refractivity contribution in [1.82, 2.24) is 4.98 Å². The number of hydrogen-bond acceptors (Lipinski definition) is 2. The third-order valence-corrected chi connectivity index (χ3v) is 2.67. The number of halogens is 3. The lowest BCUT2D eigenvalue weighted by Crippen LogP contribution is -1.91. The summed E-state index contributed by atoms with van der Waals surface area (Å²) in [5.74, 6) is 0. The molecule has 1 aromatic heterocycles. The zero-order chi connectivity index (χ0) is 8.59. The van der Waals surface area contributed by atoms with Gasteiger partial charge in [0.2, 0.25) is 0 Å². The minimum Gasteiger partial charge on any atom is -0.396 e. The SMILES string of the molecule is Nc1c(Cl)c(Cl)[nH]c(=S)c1Cl. The maximum Gasteiger partial charge on any atom is 0.128 e. The molecule has 0 saturated heterocycles. The normalized spacial score (nSPS) is 10.1. The molecular formula is C5H3Cl3N2S. The molecule has 0 spiro atoms. The molecule has 0 fully saturated rings. The molecule has 0 aromatic carbocycles. The van der Waals surface area contributed by atoms with Crippen LogP contribution in [-0.4, -0.2) is 4.98 Å². The van der Waals surface area contributed by atoms with Crippen molar-refractivity contribution in [2.45, 2.75) is 0 Å². The Morgan fingerprint density at radius 2 is 1.73 bits per heavy atom. The third-order valence-electron chi connectivity index (χ3n) is 1.09. The molecule has 0 atom stereocenters. The number of hydrogen-bond donors (Lipinski definition) is 2. The molecule has 11 heavy (non-hydrogen) atoms. The lowest BCUT2D eigenvalue weighted by atomic mass is 10.4. The second-order valence-electron chi connectivity index (χ2n) is 1.81. The fourth-order valence-electron chi connectivity index (χ4n) is 0.546. The molecule has 0 unspecified atom stereocenters. The fraction of sp³-hybridized carbons (Fsp3) is 0. The van der Waals surface area contributed by atoms with Gasteiger partial charge in [-0.1, -0.05) is 47.0 Å². The number of aromatic amines is 1. The molecule has 6 heteroatoms. The van der Waals surface area contributed by atoms with Crippen LogP contribution < -0.4 is 5.73 Å². The van der Waals surface area contributed by atoms with Crippen LogP contribution in [0.25, 0.3) is 0 Å². The smallest absolute Gasteiger partial charge is 0.128 e. The Bertz CT molecular complexity index is 346. The molecule has 60 valence electrons. The first kappa shape index (κ1) is 9.13. The van der Waals surface area contributed by atoms with E-state index in [4.69, 9.17) is 52.8 Å². The second-order valence-corrected chi connectivity index (χ2v) is 3.35. The molecule has 0 aliphatic heterocycles. The van der Waals surface area contributed by atoms with Gasteiger partial charge in [-0.15, -0.1) is 0 Å². The molecule has 0 aliphatic rings. The van der Waals surface area contributed by atoms with Crippen LogP contribution in [0.5, 0.6) is 0 Å². The van der Waals surface area contributed by atoms with Gasteiger partial charge in [-0.05, 0) is 0 Å². The summed E-state index contributed by atoms with van der Waals surface area (Å²) < 4.78 is 0.290. The van der Waals surface area contributed by atoms with Crippen molar-refractivity contribution in [3.8, 4) is 0 Å².